The molecule has 1 aromatic heterocycles. The van der Waals surface area contributed by atoms with Crippen LogP contribution >= 0.6 is 0 Å². The number of hydrogen-bond donors (Lipinski definition) is 2. The lowest BCUT2D eigenvalue weighted by molar-refractivity contribution is 0.0827. The van der Waals surface area contributed by atoms with E-state index in [0.29, 0.717) is 18.7 Å². The molecule has 7 heteroatoms. The van der Waals surface area contributed by atoms with Crippen molar-refractivity contribution in [2.75, 3.05) is 20.6 Å². The first-order valence-corrected chi connectivity index (χ1v) is 10.4. The van der Waals surface area contributed by atoms with E-state index in [1.165, 1.54) is 5.56 Å². The minimum absolute atomic E-state index is 0.00433. The highest BCUT2D eigenvalue weighted by molar-refractivity contribution is 5.93. The van der Waals surface area contributed by atoms with Crippen LogP contribution in [0.25, 0.3) is 0 Å². The van der Waals surface area contributed by atoms with Gasteiger partial charge in [0.05, 0.1) is 12.9 Å². The highest BCUT2D eigenvalue weighted by atomic mass is 16.2. The Labute approximate surface area is 183 Å². The quantitative estimate of drug-likeness (QED) is 0.436. The van der Waals surface area contributed by atoms with Gasteiger partial charge in [0, 0.05) is 51.7 Å². The number of nitrogens with zero attached hydrogens (tertiary/aromatic N) is 4. The molecule has 1 amide bonds. The molecular weight excluding hydrogens is 388 g/mol. The maximum absolute atomic E-state index is 12.0. The zero-order valence-electron chi connectivity index (χ0n) is 18.4. The van der Waals surface area contributed by atoms with Crippen LogP contribution in [0, 0.1) is 0 Å². The number of benzene rings is 2. The molecule has 0 fully saturated rings. The van der Waals surface area contributed by atoms with Crippen molar-refractivity contribution in [3.8, 4) is 0 Å². The molecule has 3 rings (SSSR count). The lowest BCUT2D eigenvalue weighted by atomic mass is 10.1. The number of rotatable bonds is 8. The number of amides is 1. The second-order valence-corrected chi connectivity index (χ2v) is 7.50. The fourth-order valence-corrected chi connectivity index (χ4v) is 3.14. The Balaban J connectivity index is 1.59. The summed E-state index contributed by atoms with van der Waals surface area (Å²) < 4.78 is 2.05. The molecule has 31 heavy (non-hydrogen) atoms. The van der Waals surface area contributed by atoms with Crippen LogP contribution in [0.5, 0.6) is 0 Å². The van der Waals surface area contributed by atoms with Gasteiger partial charge >= 0.3 is 0 Å². The smallest absolute Gasteiger partial charge is 0.253 e. The summed E-state index contributed by atoms with van der Waals surface area (Å²) in [6.45, 7) is 4.84. The Morgan fingerprint density at radius 3 is 2.52 bits per heavy atom. The molecule has 0 aliphatic rings. The zero-order valence-corrected chi connectivity index (χ0v) is 18.4. The number of nitrogens with one attached hydrogen (secondary N) is 2. The zero-order chi connectivity index (χ0) is 22.1. The summed E-state index contributed by atoms with van der Waals surface area (Å²) in [6, 6.07) is 16.1. The normalized spacial score (nSPS) is 11.3. The van der Waals surface area contributed by atoms with Crippen LogP contribution in [0.2, 0.25) is 0 Å². The molecule has 0 radical (unpaired) electrons. The molecule has 0 saturated carbocycles. The third-order valence-electron chi connectivity index (χ3n) is 4.75. The van der Waals surface area contributed by atoms with E-state index in [2.05, 4.69) is 39.9 Å². The van der Waals surface area contributed by atoms with Crippen molar-refractivity contribution in [1.29, 1.82) is 0 Å². The average molecular weight is 419 g/mol. The Morgan fingerprint density at radius 2 is 1.84 bits per heavy atom. The van der Waals surface area contributed by atoms with E-state index < -0.39 is 0 Å². The number of guanidine groups is 1. The molecule has 0 bridgehead atoms. The highest BCUT2D eigenvalue weighted by Gasteiger charge is 2.07. The molecule has 2 N–H and O–H groups in total. The van der Waals surface area contributed by atoms with E-state index in [9.17, 15) is 4.79 Å². The van der Waals surface area contributed by atoms with Gasteiger partial charge in [0.25, 0.3) is 5.91 Å². The fraction of sp³-hybridized carbons (Fsp3) is 0.292. The predicted molar refractivity (Wildman–Crippen MR) is 124 cm³/mol. The van der Waals surface area contributed by atoms with Gasteiger partial charge in [-0.2, -0.15) is 0 Å². The van der Waals surface area contributed by atoms with Crippen LogP contribution in [0.3, 0.4) is 0 Å². The van der Waals surface area contributed by atoms with Gasteiger partial charge in [-0.3, -0.25) is 4.79 Å². The largest absolute Gasteiger partial charge is 0.357 e. The van der Waals surface area contributed by atoms with Gasteiger partial charge in [0.15, 0.2) is 5.96 Å². The summed E-state index contributed by atoms with van der Waals surface area (Å²) >= 11 is 0. The van der Waals surface area contributed by atoms with Crippen molar-refractivity contribution in [3.63, 3.8) is 0 Å². The first-order chi connectivity index (χ1) is 15.0. The molecule has 7 nitrogen and oxygen atoms in total. The van der Waals surface area contributed by atoms with Gasteiger partial charge in [-0.1, -0.05) is 36.4 Å². The topological polar surface area (TPSA) is 74.5 Å². The van der Waals surface area contributed by atoms with Crippen LogP contribution in [0.1, 0.15) is 34.0 Å². The first-order valence-electron chi connectivity index (χ1n) is 10.4. The van der Waals surface area contributed by atoms with Gasteiger partial charge in [-0.25, -0.2) is 9.98 Å². The second-order valence-electron chi connectivity index (χ2n) is 7.50. The van der Waals surface area contributed by atoms with Gasteiger partial charge in [-0.05, 0) is 35.7 Å². The van der Waals surface area contributed by atoms with Crippen molar-refractivity contribution in [2.45, 2.75) is 26.6 Å². The number of carbonyl (C=O) groups is 1. The molecule has 0 spiro atoms. The maximum atomic E-state index is 12.0. The molecule has 1 heterocycles. The van der Waals surface area contributed by atoms with Crippen molar-refractivity contribution in [3.05, 3.63) is 89.5 Å². The van der Waals surface area contributed by atoms with Crippen molar-refractivity contribution >= 4 is 11.9 Å². The maximum Gasteiger partial charge on any atom is 0.253 e. The summed E-state index contributed by atoms with van der Waals surface area (Å²) in [5, 5.41) is 6.65. The van der Waals surface area contributed by atoms with E-state index >= 15 is 0 Å². The predicted octanol–water partition coefficient (Wildman–Crippen LogP) is 2.89. The monoisotopic (exact) mass is 418 g/mol. The standard InChI is InChI=1S/C24H30N6O/c1-4-26-24(27-15-19-8-10-22(11-9-19)23(31)29(2)3)28-16-20-6-5-7-21(14-20)17-30-13-12-25-18-30/h5-14,18H,4,15-17H2,1-3H3,(H2,26,27,28). The SMILES string of the molecule is CCNC(=NCc1cccc(Cn2ccnc2)c1)NCc1ccc(C(=O)N(C)C)cc1. The lowest BCUT2D eigenvalue weighted by Crippen LogP contribution is -2.36. The summed E-state index contributed by atoms with van der Waals surface area (Å²) in [7, 11) is 3.51. The average Bonchev–Trinajstić information content (AvgIpc) is 3.29. The second kappa shape index (κ2) is 11.0. The summed E-state index contributed by atoms with van der Waals surface area (Å²) in [6.07, 6.45) is 5.57. The fourth-order valence-electron chi connectivity index (χ4n) is 3.14. The molecule has 0 atom stereocenters. The molecule has 2 aromatic carbocycles. The molecule has 0 aliphatic heterocycles. The lowest BCUT2D eigenvalue weighted by Gasteiger charge is -2.13. The Hall–Kier alpha value is -3.61. The van der Waals surface area contributed by atoms with Crippen LogP contribution < -0.4 is 10.6 Å². The molecule has 0 unspecified atom stereocenters. The molecule has 0 saturated heterocycles. The first kappa shape index (κ1) is 22.1. The summed E-state index contributed by atoms with van der Waals surface area (Å²) in [5.41, 5.74) is 4.14. The third kappa shape index (κ3) is 6.70. The number of imidazole rings is 1. The van der Waals surface area contributed by atoms with E-state index in [4.69, 9.17) is 4.99 Å². The molecule has 0 aliphatic carbocycles. The number of aliphatic imine (C=N–C) groups is 1. The minimum Gasteiger partial charge on any atom is -0.357 e. The van der Waals surface area contributed by atoms with E-state index in [-0.39, 0.29) is 5.91 Å². The molecule has 162 valence electrons. The molecule has 3 aromatic rings. The van der Waals surface area contributed by atoms with Crippen LogP contribution in [0.4, 0.5) is 0 Å². The van der Waals surface area contributed by atoms with E-state index in [0.717, 1.165) is 30.2 Å². The number of hydrogen-bond acceptors (Lipinski definition) is 3. The number of aromatic nitrogens is 2. The Kier molecular flexibility index (Phi) is 7.81. The van der Waals surface area contributed by atoms with Gasteiger partial charge in [0.1, 0.15) is 0 Å². The van der Waals surface area contributed by atoms with Crippen LogP contribution in [0.15, 0.2) is 72.2 Å². The van der Waals surface area contributed by atoms with Crippen molar-refractivity contribution in [2.24, 2.45) is 4.99 Å². The van der Waals surface area contributed by atoms with Crippen LogP contribution in [-0.2, 0) is 19.6 Å². The summed E-state index contributed by atoms with van der Waals surface area (Å²) in [5.74, 6) is 0.764. The van der Waals surface area contributed by atoms with Crippen molar-refractivity contribution < 1.29 is 4.79 Å². The highest BCUT2D eigenvalue weighted by Crippen LogP contribution is 2.09. The van der Waals surface area contributed by atoms with E-state index in [1.54, 1.807) is 25.2 Å². The van der Waals surface area contributed by atoms with Crippen molar-refractivity contribution in [1.82, 2.24) is 25.1 Å². The van der Waals surface area contributed by atoms with Gasteiger partial charge in [0.2, 0.25) is 0 Å². The Bertz CT molecular complexity index is 993. The summed E-state index contributed by atoms with van der Waals surface area (Å²) in [4.78, 5) is 22.4. The Morgan fingerprint density at radius 1 is 1.06 bits per heavy atom. The van der Waals surface area contributed by atoms with Gasteiger partial charge < -0.3 is 20.1 Å². The molecular formula is C24H30N6O. The van der Waals surface area contributed by atoms with Gasteiger partial charge in [-0.15, -0.1) is 0 Å². The third-order valence-corrected chi connectivity index (χ3v) is 4.75. The van der Waals surface area contributed by atoms with Crippen LogP contribution in [-0.4, -0.2) is 47.0 Å². The minimum atomic E-state index is 0.00433. The number of carbonyl (C=O) groups excluding carboxylic acids is 1. The van der Waals surface area contributed by atoms with E-state index in [1.807, 2.05) is 48.3 Å².